The number of hydrogen-bond acceptors (Lipinski definition) is 7. The molecule has 2 amide bonds. The Hall–Kier alpha value is -4.35. The van der Waals surface area contributed by atoms with Gasteiger partial charge in [-0.15, -0.1) is 0 Å². The van der Waals surface area contributed by atoms with Gasteiger partial charge in [-0.05, 0) is 67.4 Å². The number of benzene rings is 4. The Bertz CT molecular complexity index is 1680. The van der Waals surface area contributed by atoms with Gasteiger partial charge in [-0.1, -0.05) is 48.9 Å². The fourth-order valence-electron chi connectivity index (χ4n) is 3.49. The zero-order valence-electron chi connectivity index (χ0n) is 21.1. The standard InChI is InChI=1S/C28H26N2O7S2/c1-3-21-12-16-27(17-13-21)39(34,35)37-25-9-5-7-23(19-25)30-28(31)29-22-6-4-8-24(18-22)36-38(32,33)26-14-10-20(2)11-15-26/h4-19H,3H2,1-2H3,(H2,29,30,31). The Kier molecular flexibility index (Phi) is 8.22. The lowest BCUT2D eigenvalue weighted by Gasteiger charge is -2.12. The summed E-state index contributed by atoms with van der Waals surface area (Å²) >= 11 is 0. The molecule has 0 aromatic heterocycles. The van der Waals surface area contributed by atoms with Gasteiger partial charge in [-0.25, -0.2) is 4.79 Å². The number of anilines is 2. The van der Waals surface area contributed by atoms with Gasteiger partial charge in [0, 0.05) is 23.5 Å². The maximum absolute atomic E-state index is 12.6. The van der Waals surface area contributed by atoms with Crippen molar-refractivity contribution in [2.24, 2.45) is 0 Å². The molecule has 0 atom stereocenters. The summed E-state index contributed by atoms with van der Waals surface area (Å²) in [5.41, 5.74) is 2.45. The van der Waals surface area contributed by atoms with Gasteiger partial charge in [0.15, 0.2) is 0 Å². The number of rotatable bonds is 9. The fourth-order valence-corrected chi connectivity index (χ4v) is 5.34. The number of carbonyl (C=O) groups excluding carboxylic acids is 1. The highest BCUT2D eigenvalue weighted by molar-refractivity contribution is 7.87. The number of aryl methyl sites for hydroxylation is 2. The van der Waals surface area contributed by atoms with Crippen LogP contribution in [-0.4, -0.2) is 22.9 Å². The summed E-state index contributed by atoms with van der Waals surface area (Å²) in [6, 6.07) is 23.8. The molecule has 0 saturated carbocycles. The van der Waals surface area contributed by atoms with Crippen LogP contribution in [0.15, 0.2) is 107 Å². The molecule has 0 aliphatic rings. The minimum Gasteiger partial charge on any atom is -0.379 e. The van der Waals surface area contributed by atoms with E-state index in [1.807, 2.05) is 13.8 Å². The van der Waals surface area contributed by atoms with Crippen LogP contribution in [-0.2, 0) is 26.7 Å². The summed E-state index contributed by atoms with van der Waals surface area (Å²) in [6.07, 6.45) is 0.779. The monoisotopic (exact) mass is 566 g/mol. The van der Waals surface area contributed by atoms with Crippen LogP contribution in [0.1, 0.15) is 18.1 Å². The van der Waals surface area contributed by atoms with Crippen molar-refractivity contribution < 1.29 is 30.0 Å². The van der Waals surface area contributed by atoms with Crippen molar-refractivity contribution >= 4 is 37.6 Å². The number of nitrogens with one attached hydrogen (secondary N) is 2. The van der Waals surface area contributed by atoms with Crippen LogP contribution in [0.25, 0.3) is 0 Å². The molecule has 4 aromatic carbocycles. The van der Waals surface area contributed by atoms with Crippen molar-refractivity contribution in [1.82, 2.24) is 0 Å². The number of hydrogen-bond donors (Lipinski definition) is 2. The first-order valence-corrected chi connectivity index (χ1v) is 14.7. The quantitative estimate of drug-likeness (QED) is 0.247. The van der Waals surface area contributed by atoms with Crippen molar-refractivity contribution in [3.05, 3.63) is 108 Å². The van der Waals surface area contributed by atoms with Crippen LogP contribution < -0.4 is 19.0 Å². The average Bonchev–Trinajstić information content (AvgIpc) is 2.89. The zero-order valence-corrected chi connectivity index (χ0v) is 22.8. The van der Waals surface area contributed by atoms with Gasteiger partial charge >= 0.3 is 26.3 Å². The smallest absolute Gasteiger partial charge is 0.339 e. The predicted octanol–water partition coefficient (Wildman–Crippen LogP) is 5.74. The van der Waals surface area contributed by atoms with Gasteiger partial charge in [-0.2, -0.15) is 16.8 Å². The summed E-state index contributed by atoms with van der Waals surface area (Å²) in [5, 5.41) is 5.17. The molecular formula is C28H26N2O7S2. The number of amides is 2. The molecule has 0 heterocycles. The topological polar surface area (TPSA) is 128 Å². The lowest BCUT2D eigenvalue weighted by molar-refractivity contribution is 0.262. The van der Waals surface area contributed by atoms with Gasteiger partial charge in [0.25, 0.3) is 0 Å². The maximum atomic E-state index is 12.6. The molecule has 0 bridgehead atoms. The molecule has 0 aliphatic carbocycles. The van der Waals surface area contributed by atoms with Crippen molar-refractivity contribution in [2.45, 2.75) is 30.1 Å². The van der Waals surface area contributed by atoms with Gasteiger partial charge in [0.1, 0.15) is 21.3 Å². The van der Waals surface area contributed by atoms with Crippen molar-refractivity contribution in [3.8, 4) is 11.5 Å². The van der Waals surface area contributed by atoms with Crippen LogP contribution >= 0.6 is 0 Å². The van der Waals surface area contributed by atoms with Crippen molar-refractivity contribution in [2.75, 3.05) is 10.6 Å². The van der Waals surface area contributed by atoms with E-state index >= 15 is 0 Å². The third-order valence-electron chi connectivity index (χ3n) is 5.53. The highest BCUT2D eigenvalue weighted by atomic mass is 32.2. The average molecular weight is 567 g/mol. The molecular weight excluding hydrogens is 540 g/mol. The van der Waals surface area contributed by atoms with E-state index in [0.717, 1.165) is 17.5 Å². The van der Waals surface area contributed by atoms with Crippen LogP contribution in [0.5, 0.6) is 11.5 Å². The third kappa shape index (κ3) is 7.37. The minimum absolute atomic E-state index is 0.00583. The molecule has 4 aromatic rings. The summed E-state index contributed by atoms with van der Waals surface area (Å²) in [6.45, 7) is 3.81. The SMILES string of the molecule is CCc1ccc(S(=O)(=O)Oc2cccc(NC(=O)Nc3cccc(OS(=O)(=O)c4ccc(C)cc4)c3)c2)cc1. The van der Waals surface area contributed by atoms with Gasteiger partial charge in [0.2, 0.25) is 0 Å². The molecule has 0 saturated heterocycles. The van der Waals surface area contributed by atoms with E-state index in [2.05, 4.69) is 10.6 Å². The first-order chi connectivity index (χ1) is 18.5. The molecule has 202 valence electrons. The zero-order chi connectivity index (χ0) is 28.0. The first-order valence-electron chi connectivity index (χ1n) is 11.9. The van der Waals surface area contributed by atoms with Gasteiger partial charge in [-0.3, -0.25) is 0 Å². The Morgan fingerprint density at radius 3 is 1.54 bits per heavy atom. The second-order valence-electron chi connectivity index (χ2n) is 8.52. The Balaban J connectivity index is 1.40. The van der Waals surface area contributed by atoms with Crippen LogP contribution in [0, 0.1) is 6.92 Å². The molecule has 0 fully saturated rings. The largest absolute Gasteiger partial charge is 0.379 e. The normalized spacial score (nSPS) is 11.4. The lowest BCUT2D eigenvalue weighted by atomic mass is 10.2. The highest BCUT2D eigenvalue weighted by Crippen LogP contribution is 2.24. The highest BCUT2D eigenvalue weighted by Gasteiger charge is 2.18. The lowest BCUT2D eigenvalue weighted by Crippen LogP contribution is -2.19. The van der Waals surface area contributed by atoms with Crippen molar-refractivity contribution in [1.29, 1.82) is 0 Å². The first kappa shape index (κ1) is 27.7. The van der Waals surface area contributed by atoms with Gasteiger partial charge in [0.05, 0.1) is 0 Å². The van der Waals surface area contributed by atoms with E-state index in [1.165, 1.54) is 60.7 Å². The van der Waals surface area contributed by atoms with E-state index in [0.29, 0.717) is 0 Å². The van der Waals surface area contributed by atoms with Crippen LogP contribution in [0.3, 0.4) is 0 Å². The predicted molar refractivity (Wildman–Crippen MR) is 148 cm³/mol. The summed E-state index contributed by atoms with van der Waals surface area (Å²) in [5.74, 6) is 0.0324. The summed E-state index contributed by atoms with van der Waals surface area (Å²) < 4.78 is 60.8. The summed E-state index contributed by atoms with van der Waals surface area (Å²) in [4.78, 5) is 12.6. The molecule has 11 heteroatoms. The Labute approximate surface area is 227 Å². The second kappa shape index (κ2) is 11.6. The van der Waals surface area contributed by atoms with E-state index in [4.69, 9.17) is 8.37 Å². The fraction of sp³-hybridized carbons (Fsp3) is 0.107. The number of carbonyl (C=O) groups is 1. The molecule has 39 heavy (non-hydrogen) atoms. The third-order valence-corrected chi connectivity index (χ3v) is 8.05. The maximum Gasteiger partial charge on any atom is 0.339 e. The Morgan fingerprint density at radius 1 is 0.667 bits per heavy atom. The van der Waals surface area contributed by atoms with E-state index in [1.54, 1.807) is 36.4 Å². The number of urea groups is 1. The second-order valence-corrected chi connectivity index (χ2v) is 11.6. The summed E-state index contributed by atoms with van der Waals surface area (Å²) in [7, 11) is -8.12. The van der Waals surface area contributed by atoms with Crippen molar-refractivity contribution in [3.63, 3.8) is 0 Å². The molecule has 2 N–H and O–H groups in total. The van der Waals surface area contributed by atoms with E-state index in [9.17, 15) is 21.6 Å². The Morgan fingerprint density at radius 2 is 1.10 bits per heavy atom. The molecule has 0 spiro atoms. The van der Waals surface area contributed by atoms with E-state index < -0.39 is 26.3 Å². The van der Waals surface area contributed by atoms with Crippen LogP contribution in [0.2, 0.25) is 0 Å². The molecule has 0 aliphatic heterocycles. The van der Waals surface area contributed by atoms with Crippen LogP contribution in [0.4, 0.5) is 16.2 Å². The minimum atomic E-state index is -4.07. The molecule has 9 nitrogen and oxygen atoms in total. The molecule has 4 rings (SSSR count). The van der Waals surface area contributed by atoms with E-state index in [-0.39, 0.29) is 32.7 Å². The molecule has 0 unspecified atom stereocenters. The van der Waals surface area contributed by atoms with Gasteiger partial charge < -0.3 is 19.0 Å². The molecule has 0 radical (unpaired) electrons.